The zero-order chi connectivity index (χ0) is 20.7. The van der Waals surface area contributed by atoms with Gasteiger partial charge in [0.15, 0.2) is 0 Å². The van der Waals surface area contributed by atoms with Crippen LogP contribution in [0.3, 0.4) is 0 Å². The van der Waals surface area contributed by atoms with Crippen LogP contribution in [0.4, 0.5) is 5.69 Å². The molecule has 0 bridgehead atoms. The van der Waals surface area contributed by atoms with Crippen molar-refractivity contribution in [2.24, 2.45) is 0 Å². The SMILES string of the molecule is Cc1ccccc1OCCC(=O)Nc1cccc(S(=O)(=O)N2CCCCCC2)c1. The quantitative estimate of drug-likeness (QED) is 0.741. The molecule has 0 atom stereocenters. The van der Waals surface area contributed by atoms with Crippen LogP contribution in [0.5, 0.6) is 5.75 Å². The average Bonchev–Trinajstić information content (AvgIpc) is 3.00. The molecule has 2 aromatic rings. The highest BCUT2D eigenvalue weighted by Crippen LogP contribution is 2.23. The second kappa shape index (κ2) is 9.89. The first-order chi connectivity index (χ1) is 14.0. The molecule has 1 amide bonds. The van der Waals surface area contributed by atoms with E-state index in [-0.39, 0.29) is 23.8 Å². The molecule has 29 heavy (non-hydrogen) atoms. The van der Waals surface area contributed by atoms with Gasteiger partial charge in [-0.15, -0.1) is 0 Å². The number of aryl methyl sites for hydroxylation is 1. The van der Waals surface area contributed by atoms with E-state index in [4.69, 9.17) is 4.74 Å². The Hall–Kier alpha value is -2.38. The van der Waals surface area contributed by atoms with E-state index < -0.39 is 10.0 Å². The van der Waals surface area contributed by atoms with Crippen molar-refractivity contribution in [3.05, 3.63) is 54.1 Å². The Morgan fingerprint density at radius 2 is 1.76 bits per heavy atom. The summed E-state index contributed by atoms with van der Waals surface area (Å²) in [7, 11) is -3.54. The van der Waals surface area contributed by atoms with Crippen molar-refractivity contribution in [2.45, 2.75) is 43.9 Å². The van der Waals surface area contributed by atoms with Gasteiger partial charge in [0.2, 0.25) is 15.9 Å². The number of nitrogens with one attached hydrogen (secondary N) is 1. The number of sulfonamides is 1. The van der Waals surface area contributed by atoms with E-state index in [0.29, 0.717) is 18.8 Å². The second-order valence-electron chi connectivity index (χ2n) is 7.26. The largest absolute Gasteiger partial charge is 0.493 e. The van der Waals surface area contributed by atoms with E-state index in [0.717, 1.165) is 37.0 Å². The number of hydrogen-bond acceptors (Lipinski definition) is 4. The van der Waals surface area contributed by atoms with Crippen molar-refractivity contribution in [1.29, 1.82) is 0 Å². The molecular formula is C22H28N2O4S. The van der Waals surface area contributed by atoms with E-state index in [1.165, 1.54) is 6.07 Å². The molecule has 0 radical (unpaired) electrons. The number of nitrogens with zero attached hydrogens (tertiary/aromatic N) is 1. The fourth-order valence-electron chi connectivity index (χ4n) is 3.36. The lowest BCUT2D eigenvalue weighted by molar-refractivity contribution is -0.116. The fraction of sp³-hybridized carbons (Fsp3) is 0.409. The molecule has 7 heteroatoms. The summed E-state index contributed by atoms with van der Waals surface area (Å²) in [6.45, 7) is 3.30. The predicted octanol–water partition coefficient (Wildman–Crippen LogP) is 3.97. The lowest BCUT2D eigenvalue weighted by atomic mass is 10.2. The van der Waals surface area contributed by atoms with E-state index in [2.05, 4.69) is 5.32 Å². The molecule has 1 aliphatic rings. The number of para-hydroxylation sites is 1. The maximum Gasteiger partial charge on any atom is 0.243 e. The smallest absolute Gasteiger partial charge is 0.243 e. The van der Waals surface area contributed by atoms with E-state index in [9.17, 15) is 13.2 Å². The van der Waals surface area contributed by atoms with E-state index >= 15 is 0 Å². The number of hydrogen-bond donors (Lipinski definition) is 1. The van der Waals surface area contributed by atoms with Crippen molar-refractivity contribution in [1.82, 2.24) is 4.31 Å². The van der Waals surface area contributed by atoms with Crippen LogP contribution in [0.2, 0.25) is 0 Å². The minimum absolute atomic E-state index is 0.178. The van der Waals surface area contributed by atoms with Gasteiger partial charge in [-0.1, -0.05) is 37.1 Å². The number of amides is 1. The fourth-order valence-corrected chi connectivity index (χ4v) is 4.92. The number of ether oxygens (including phenoxy) is 1. The summed E-state index contributed by atoms with van der Waals surface area (Å²) >= 11 is 0. The van der Waals surface area contributed by atoms with Gasteiger partial charge >= 0.3 is 0 Å². The molecule has 0 aliphatic carbocycles. The molecule has 0 unspecified atom stereocenters. The van der Waals surface area contributed by atoms with E-state index in [1.807, 2.05) is 31.2 Å². The first kappa shape index (κ1) is 21.3. The Kier molecular flexibility index (Phi) is 7.28. The second-order valence-corrected chi connectivity index (χ2v) is 9.20. The molecule has 1 fully saturated rings. The Balaban J connectivity index is 1.59. The van der Waals surface area contributed by atoms with Crippen LogP contribution in [-0.2, 0) is 14.8 Å². The van der Waals surface area contributed by atoms with Crippen LogP contribution in [0.15, 0.2) is 53.4 Å². The van der Waals surface area contributed by atoms with Gasteiger partial charge in [-0.2, -0.15) is 4.31 Å². The highest BCUT2D eigenvalue weighted by atomic mass is 32.2. The first-order valence-electron chi connectivity index (χ1n) is 10.1. The minimum Gasteiger partial charge on any atom is -0.493 e. The van der Waals surface area contributed by atoms with Crippen molar-refractivity contribution in [3.63, 3.8) is 0 Å². The summed E-state index contributed by atoms with van der Waals surface area (Å²) in [6, 6.07) is 14.1. The standard InChI is InChI=1S/C22H28N2O4S/c1-18-9-4-5-12-21(18)28-16-13-22(25)23-19-10-8-11-20(17-19)29(26,27)24-14-6-2-3-7-15-24/h4-5,8-12,17H,2-3,6-7,13-16H2,1H3,(H,23,25). The lowest BCUT2D eigenvalue weighted by Gasteiger charge is -2.20. The Morgan fingerprint density at radius 1 is 1.03 bits per heavy atom. The summed E-state index contributed by atoms with van der Waals surface area (Å²) in [6.07, 6.45) is 4.07. The van der Waals surface area contributed by atoms with Crippen molar-refractivity contribution >= 4 is 21.6 Å². The average molecular weight is 417 g/mol. The molecule has 0 spiro atoms. The maximum atomic E-state index is 12.9. The highest BCUT2D eigenvalue weighted by Gasteiger charge is 2.25. The summed E-state index contributed by atoms with van der Waals surface area (Å²) in [5, 5.41) is 2.77. The molecule has 1 aliphatic heterocycles. The van der Waals surface area contributed by atoms with Crippen LogP contribution >= 0.6 is 0 Å². The zero-order valence-corrected chi connectivity index (χ0v) is 17.6. The van der Waals surface area contributed by atoms with Crippen molar-refractivity contribution in [2.75, 3.05) is 25.0 Å². The minimum atomic E-state index is -3.54. The maximum absolute atomic E-state index is 12.9. The summed E-state index contributed by atoms with van der Waals surface area (Å²) in [5.74, 6) is 0.536. The summed E-state index contributed by atoms with van der Waals surface area (Å²) in [5.41, 5.74) is 1.49. The van der Waals surface area contributed by atoms with Crippen LogP contribution in [0, 0.1) is 6.92 Å². The summed E-state index contributed by atoms with van der Waals surface area (Å²) in [4.78, 5) is 12.5. The molecule has 156 valence electrons. The lowest BCUT2D eigenvalue weighted by Crippen LogP contribution is -2.32. The predicted molar refractivity (Wildman–Crippen MR) is 114 cm³/mol. The first-order valence-corrected chi connectivity index (χ1v) is 11.5. The van der Waals surface area contributed by atoms with Gasteiger partial charge in [0.05, 0.1) is 17.9 Å². The third-order valence-corrected chi connectivity index (χ3v) is 6.90. The van der Waals surface area contributed by atoms with Crippen LogP contribution in [-0.4, -0.2) is 38.3 Å². The van der Waals surface area contributed by atoms with Crippen LogP contribution in [0.1, 0.15) is 37.7 Å². The van der Waals surface area contributed by atoms with Gasteiger partial charge in [-0.3, -0.25) is 4.79 Å². The number of anilines is 1. The molecule has 6 nitrogen and oxygen atoms in total. The third kappa shape index (κ3) is 5.81. The Labute approximate surface area is 172 Å². The monoisotopic (exact) mass is 416 g/mol. The van der Waals surface area contributed by atoms with Crippen LogP contribution < -0.4 is 10.1 Å². The molecule has 0 aromatic heterocycles. The highest BCUT2D eigenvalue weighted by molar-refractivity contribution is 7.89. The van der Waals surface area contributed by atoms with E-state index in [1.54, 1.807) is 22.5 Å². The molecule has 2 aromatic carbocycles. The normalized spacial score (nSPS) is 15.5. The summed E-state index contributed by atoms with van der Waals surface area (Å²) < 4.78 is 33.1. The van der Waals surface area contributed by atoms with Gasteiger partial charge in [0.25, 0.3) is 0 Å². The number of rotatable bonds is 7. The van der Waals surface area contributed by atoms with Gasteiger partial charge in [0.1, 0.15) is 5.75 Å². The van der Waals surface area contributed by atoms with Gasteiger partial charge in [-0.25, -0.2) is 8.42 Å². The Morgan fingerprint density at radius 3 is 2.48 bits per heavy atom. The van der Waals surface area contributed by atoms with Crippen molar-refractivity contribution in [3.8, 4) is 5.75 Å². The molecule has 1 N–H and O–H groups in total. The van der Waals surface area contributed by atoms with Gasteiger partial charge < -0.3 is 10.1 Å². The third-order valence-electron chi connectivity index (χ3n) is 5.00. The molecule has 0 saturated carbocycles. The number of benzene rings is 2. The van der Waals surface area contributed by atoms with Gasteiger partial charge in [-0.05, 0) is 49.6 Å². The van der Waals surface area contributed by atoms with Crippen molar-refractivity contribution < 1.29 is 17.9 Å². The topological polar surface area (TPSA) is 75.7 Å². The van der Waals surface area contributed by atoms with Crippen LogP contribution in [0.25, 0.3) is 0 Å². The molecule has 1 saturated heterocycles. The number of carbonyl (C=O) groups excluding carboxylic acids is 1. The molecule has 1 heterocycles. The zero-order valence-electron chi connectivity index (χ0n) is 16.8. The Bertz CT molecular complexity index is 935. The molecular weight excluding hydrogens is 388 g/mol. The number of carbonyl (C=O) groups is 1. The molecule has 3 rings (SSSR count). The van der Waals surface area contributed by atoms with Gasteiger partial charge in [0, 0.05) is 18.8 Å².